The molecule has 2 atom stereocenters. The first-order valence-electron chi connectivity index (χ1n) is 7.08. The highest BCUT2D eigenvalue weighted by atomic mass is 16.4. The second-order valence-electron chi connectivity index (χ2n) is 5.77. The van der Waals surface area contributed by atoms with E-state index in [1.54, 1.807) is 4.90 Å². The Balaban J connectivity index is 2.28. The molecule has 0 aliphatic carbocycles. The minimum Gasteiger partial charge on any atom is -0.481 e. The van der Waals surface area contributed by atoms with Crippen molar-refractivity contribution in [3.63, 3.8) is 0 Å². The number of benzene rings is 1. The summed E-state index contributed by atoms with van der Waals surface area (Å²) in [7, 11) is 0. The molecular formula is C16H21NO3. The van der Waals surface area contributed by atoms with E-state index in [0.29, 0.717) is 12.5 Å². The average Bonchev–Trinajstić information content (AvgIpc) is 2.74. The van der Waals surface area contributed by atoms with Gasteiger partial charge in [-0.05, 0) is 17.9 Å². The van der Waals surface area contributed by atoms with Crippen molar-refractivity contribution < 1.29 is 14.7 Å². The number of rotatable bonds is 5. The van der Waals surface area contributed by atoms with Gasteiger partial charge in [-0.15, -0.1) is 0 Å². The summed E-state index contributed by atoms with van der Waals surface area (Å²) < 4.78 is 0. The number of carboxylic acid groups (broad SMARTS) is 1. The number of hydrogen-bond acceptors (Lipinski definition) is 2. The van der Waals surface area contributed by atoms with Gasteiger partial charge in [-0.3, -0.25) is 9.59 Å². The van der Waals surface area contributed by atoms with Gasteiger partial charge < -0.3 is 10.0 Å². The summed E-state index contributed by atoms with van der Waals surface area (Å²) >= 11 is 0. The van der Waals surface area contributed by atoms with Gasteiger partial charge in [0.05, 0.1) is 12.0 Å². The van der Waals surface area contributed by atoms with E-state index in [1.165, 1.54) is 0 Å². The number of nitrogens with zero attached hydrogens (tertiary/aromatic N) is 1. The summed E-state index contributed by atoms with van der Waals surface area (Å²) in [6.45, 7) is 4.83. The zero-order valence-electron chi connectivity index (χ0n) is 12.0. The van der Waals surface area contributed by atoms with E-state index in [9.17, 15) is 14.7 Å². The third-order valence-electron chi connectivity index (χ3n) is 3.84. The zero-order valence-corrected chi connectivity index (χ0v) is 12.0. The molecule has 1 aliphatic rings. The van der Waals surface area contributed by atoms with Crippen molar-refractivity contribution in [2.45, 2.75) is 32.7 Å². The van der Waals surface area contributed by atoms with E-state index in [2.05, 4.69) is 13.8 Å². The number of aliphatic carboxylic acids is 1. The molecular weight excluding hydrogens is 254 g/mol. The SMILES string of the molecule is CC(C)CCN1C(=O)CC(C(=O)O)C1c1ccccc1. The smallest absolute Gasteiger partial charge is 0.309 e. The van der Waals surface area contributed by atoms with Crippen molar-refractivity contribution in [2.75, 3.05) is 6.54 Å². The molecule has 1 amide bonds. The molecule has 0 radical (unpaired) electrons. The van der Waals surface area contributed by atoms with Gasteiger partial charge in [-0.25, -0.2) is 0 Å². The van der Waals surface area contributed by atoms with E-state index < -0.39 is 11.9 Å². The normalized spacial score (nSPS) is 22.6. The lowest BCUT2D eigenvalue weighted by atomic mass is 9.93. The summed E-state index contributed by atoms with van der Waals surface area (Å²) in [5, 5.41) is 9.38. The quantitative estimate of drug-likeness (QED) is 0.899. The highest BCUT2D eigenvalue weighted by molar-refractivity contribution is 5.87. The fourth-order valence-corrected chi connectivity index (χ4v) is 2.74. The van der Waals surface area contributed by atoms with Crippen LogP contribution in [0.3, 0.4) is 0 Å². The van der Waals surface area contributed by atoms with Gasteiger partial charge in [-0.1, -0.05) is 44.2 Å². The lowest BCUT2D eigenvalue weighted by Gasteiger charge is -2.28. The summed E-state index contributed by atoms with van der Waals surface area (Å²) in [4.78, 5) is 25.3. The third-order valence-corrected chi connectivity index (χ3v) is 3.84. The molecule has 20 heavy (non-hydrogen) atoms. The second-order valence-corrected chi connectivity index (χ2v) is 5.77. The minimum absolute atomic E-state index is 0.0492. The van der Waals surface area contributed by atoms with Crippen LogP contribution in [0.1, 0.15) is 38.3 Å². The molecule has 1 aromatic carbocycles. The number of carboxylic acids is 1. The van der Waals surface area contributed by atoms with Crippen LogP contribution in [0, 0.1) is 11.8 Å². The summed E-state index contributed by atoms with van der Waals surface area (Å²) in [6.07, 6.45) is 0.994. The maximum absolute atomic E-state index is 12.1. The number of carbonyl (C=O) groups is 2. The second kappa shape index (κ2) is 6.07. The molecule has 1 aliphatic heterocycles. The molecule has 2 unspecified atom stereocenters. The summed E-state index contributed by atoms with van der Waals surface area (Å²) in [5.74, 6) is -1.09. The largest absolute Gasteiger partial charge is 0.481 e. The Morgan fingerprint density at radius 2 is 2.00 bits per heavy atom. The number of amides is 1. The Hall–Kier alpha value is -1.84. The molecule has 1 saturated heterocycles. The average molecular weight is 275 g/mol. The maximum atomic E-state index is 12.1. The van der Waals surface area contributed by atoms with Crippen LogP contribution in [0.4, 0.5) is 0 Å². The highest BCUT2D eigenvalue weighted by Crippen LogP contribution is 2.38. The molecule has 0 bridgehead atoms. The molecule has 1 aromatic rings. The fourth-order valence-electron chi connectivity index (χ4n) is 2.74. The Labute approximate surface area is 119 Å². The van der Waals surface area contributed by atoms with Crippen LogP contribution in [0.15, 0.2) is 30.3 Å². The predicted octanol–water partition coefficient (Wildman–Crippen LogP) is 2.71. The lowest BCUT2D eigenvalue weighted by molar-refractivity contribution is -0.142. The molecule has 1 N–H and O–H groups in total. The van der Waals surface area contributed by atoms with Gasteiger partial charge in [0, 0.05) is 13.0 Å². The van der Waals surface area contributed by atoms with Crippen molar-refractivity contribution >= 4 is 11.9 Å². The lowest BCUT2D eigenvalue weighted by Crippen LogP contribution is -2.32. The first kappa shape index (κ1) is 14.6. The Bertz CT molecular complexity index is 484. The van der Waals surface area contributed by atoms with Crippen LogP contribution >= 0.6 is 0 Å². The Kier molecular flexibility index (Phi) is 4.42. The van der Waals surface area contributed by atoms with E-state index >= 15 is 0 Å². The van der Waals surface area contributed by atoms with Crippen molar-refractivity contribution in [1.29, 1.82) is 0 Å². The van der Waals surface area contributed by atoms with Gasteiger partial charge in [0.1, 0.15) is 0 Å². The van der Waals surface area contributed by atoms with E-state index in [4.69, 9.17) is 0 Å². The van der Waals surface area contributed by atoms with Crippen molar-refractivity contribution in [2.24, 2.45) is 11.8 Å². The molecule has 4 nitrogen and oxygen atoms in total. The Morgan fingerprint density at radius 3 is 2.55 bits per heavy atom. The topological polar surface area (TPSA) is 57.6 Å². The molecule has 0 saturated carbocycles. The molecule has 4 heteroatoms. The van der Waals surface area contributed by atoms with E-state index in [0.717, 1.165) is 12.0 Å². The van der Waals surface area contributed by atoms with Crippen LogP contribution in [-0.4, -0.2) is 28.4 Å². The zero-order chi connectivity index (χ0) is 14.7. The van der Waals surface area contributed by atoms with Crippen molar-refractivity contribution in [3.05, 3.63) is 35.9 Å². The number of hydrogen-bond donors (Lipinski definition) is 1. The van der Waals surface area contributed by atoms with E-state index in [-0.39, 0.29) is 18.4 Å². The summed E-state index contributed by atoms with van der Waals surface area (Å²) in [5.41, 5.74) is 0.912. The van der Waals surface area contributed by atoms with Crippen LogP contribution in [0.25, 0.3) is 0 Å². The van der Waals surface area contributed by atoms with Gasteiger partial charge in [0.2, 0.25) is 5.91 Å². The fraction of sp³-hybridized carbons (Fsp3) is 0.500. The third kappa shape index (κ3) is 3.00. The van der Waals surface area contributed by atoms with Gasteiger partial charge >= 0.3 is 5.97 Å². The molecule has 108 valence electrons. The highest BCUT2D eigenvalue weighted by Gasteiger charge is 2.44. The van der Waals surface area contributed by atoms with E-state index in [1.807, 2.05) is 30.3 Å². The first-order chi connectivity index (χ1) is 9.50. The van der Waals surface area contributed by atoms with Gasteiger partial charge in [0.25, 0.3) is 0 Å². The van der Waals surface area contributed by atoms with Crippen LogP contribution < -0.4 is 0 Å². The van der Waals surface area contributed by atoms with Crippen molar-refractivity contribution in [3.8, 4) is 0 Å². The van der Waals surface area contributed by atoms with Crippen LogP contribution in [0.5, 0.6) is 0 Å². The molecule has 1 fully saturated rings. The van der Waals surface area contributed by atoms with Gasteiger partial charge in [0.15, 0.2) is 0 Å². The van der Waals surface area contributed by atoms with Crippen LogP contribution in [0.2, 0.25) is 0 Å². The molecule has 0 spiro atoms. The number of likely N-dealkylation sites (tertiary alicyclic amines) is 1. The first-order valence-corrected chi connectivity index (χ1v) is 7.08. The standard InChI is InChI=1S/C16H21NO3/c1-11(2)8-9-17-14(18)10-13(16(19)20)15(17)12-6-4-3-5-7-12/h3-7,11,13,15H,8-10H2,1-2H3,(H,19,20). The monoisotopic (exact) mass is 275 g/mol. The molecule has 1 heterocycles. The Morgan fingerprint density at radius 1 is 1.35 bits per heavy atom. The minimum atomic E-state index is -0.890. The van der Waals surface area contributed by atoms with Gasteiger partial charge in [-0.2, -0.15) is 0 Å². The molecule has 0 aromatic heterocycles. The number of carbonyl (C=O) groups excluding carboxylic acids is 1. The summed E-state index contributed by atoms with van der Waals surface area (Å²) in [6, 6.07) is 9.15. The van der Waals surface area contributed by atoms with Crippen LogP contribution in [-0.2, 0) is 9.59 Å². The maximum Gasteiger partial charge on any atom is 0.309 e. The van der Waals surface area contributed by atoms with Crippen molar-refractivity contribution in [1.82, 2.24) is 4.90 Å². The predicted molar refractivity (Wildman–Crippen MR) is 76.1 cm³/mol. The molecule has 2 rings (SSSR count).